The molecule has 0 bridgehead atoms. The van der Waals surface area contributed by atoms with Crippen LogP contribution in [0.3, 0.4) is 0 Å². The zero-order chi connectivity index (χ0) is 16.4. The van der Waals surface area contributed by atoms with Crippen molar-refractivity contribution in [3.05, 3.63) is 30.1 Å². The molecule has 3 rings (SSSR count). The SMILES string of the molecule is O=C1[C@H](NS(=O)(=O)CC2CCOCC2)CN1c1ccc(F)cc1. The lowest BCUT2D eigenvalue weighted by Gasteiger charge is -2.38. The Hall–Kier alpha value is -1.51. The number of amides is 1. The van der Waals surface area contributed by atoms with Crippen molar-refractivity contribution in [2.24, 2.45) is 5.92 Å². The minimum absolute atomic E-state index is 0.0245. The van der Waals surface area contributed by atoms with E-state index in [4.69, 9.17) is 4.74 Å². The number of sulfonamides is 1. The van der Waals surface area contributed by atoms with Gasteiger partial charge in [-0.25, -0.2) is 17.5 Å². The summed E-state index contributed by atoms with van der Waals surface area (Å²) in [6, 6.07) is 4.81. The number of rotatable bonds is 5. The van der Waals surface area contributed by atoms with Gasteiger partial charge in [0, 0.05) is 18.9 Å². The molecule has 23 heavy (non-hydrogen) atoms. The van der Waals surface area contributed by atoms with Gasteiger partial charge in [0.25, 0.3) is 0 Å². The molecule has 0 radical (unpaired) electrons. The molecule has 0 spiro atoms. The molecule has 1 N–H and O–H groups in total. The van der Waals surface area contributed by atoms with Gasteiger partial charge in [-0.1, -0.05) is 0 Å². The second-order valence-electron chi connectivity index (χ2n) is 5.93. The third-order valence-corrected chi connectivity index (χ3v) is 5.74. The highest BCUT2D eigenvalue weighted by atomic mass is 32.2. The van der Waals surface area contributed by atoms with E-state index in [2.05, 4.69) is 4.72 Å². The Bertz CT molecular complexity index is 671. The zero-order valence-electron chi connectivity index (χ0n) is 12.6. The van der Waals surface area contributed by atoms with Gasteiger partial charge in [-0.15, -0.1) is 0 Å². The lowest BCUT2D eigenvalue weighted by molar-refractivity contribution is -0.124. The van der Waals surface area contributed by atoms with Gasteiger partial charge in [0.15, 0.2) is 0 Å². The molecule has 2 saturated heterocycles. The number of nitrogens with zero attached hydrogens (tertiary/aromatic N) is 1. The number of hydrogen-bond donors (Lipinski definition) is 1. The maximum atomic E-state index is 12.9. The number of carbonyl (C=O) groups excluding carboxylic acids is 1. The third kappa shape index (κ3) is 3.88. The summed E-state index contributed by atoms with van der Waals surface area (Å²) in [6.45, 7) is 1.43. The number of halogens is 1. The van der Waals surface area contributed by atoms with E-state index in [0.717, 1.165) is 12.8 Å². The quantitative estimate of drug-likeness (QED) is 0.806. The van der Waals surface area contributed by atoms with Gasteiger partial charge >= 0.3 is 0 Å². The van der Waals surface area contributed by atoms with Crippen molar-refractivity contribution in [1.29, 1.82) is 0 Å². The van der Waals surface area contributed by atoms with Crippen LogP contribution in [0.2, 0.25) is 0 Å². The van der Waals surface area contributed by atoms with E-state index in [0.29, 0.717) is 18.9 Å². The van der Waals surface area contributed by atoms with Crippen LogP contribution in [0.1, 0.15) is 12.8 Å². The lowest BCUT2D eigenvalue weighted by atomic mass is 10.0. The van der Waals surface area contributed by atoms with Crippen LogP contribution in [0.25, 0.3) is 0 Å². The molecule has 8 heteroatoms. The Kier molecular flexibility index (Phi) is 4.65. The maximum Gasteiger partial charge on any atom is 0.247 e. The average molecular weight is 342 g/mol. The van der Waals surface area contributed by atoms with Crippen molar-refractivity contribution in [1.82, 2.24) is 4.72 Å². The molecule has 2 aliphatic heterocycles. The van der Waals surface area contributed by atoms with E-state index in [-0.39, 0.29) is 29.9 Å². The van der Waals surface area contributed by atoms with Crippen LogP contribution in [-0.4, -0.2) is 45.9 Å². The number of β-lactam (4-membered cyclic amide) rings is 1. The first kappa shape index (κ1) is 16.4. The minimum Gasteiger partial charge on any atom is -0.381 e. The second kappa shape index (κ2) is 6.54. The fourth-order valence-corrected chi connectivity index (χ4v) is 4.51. The standard InChI is InChI=1S/C15H19FN2O4S/c16-12-1-3-13(4-2-12)18-9-14(15(18)19)17-23(20,21)10-11-5-7-22-8-6-11/h1-4,11,14,17H,5-10H2/t14-/m1/s1. The summed E-state index contributed by atoms with van der Waals surface area (Å²) in [7, 11) is -3.50. The van der Waals surface area contributed by atoms with Crippen molar-refractivity contribution in [2.45, 2.75) is 18.9 Å². The highest BCUT2D eigenvalue weighted by Crippen LogP contribution is 2.23. The summed E-state index contributed by atoms with van der Waals surface area (Å²) in [5.74, 6) is -0.594. The van der Waals surface area contributed by atoms with Crippen LogP contribution in [0, 0.1) is 11.7 Å². The van der Waals surface area contributed by atoms with E-state index in [1.54, 1.807) is 0 Å². The number of benzene rings is 1. The number of carbonyl (C=O) groups is 1. The Morgan fingerprint density at radius 2 is 1.87 bits per heavy atom. The molecule has 6 nitrogen and oxygen atoms in total. The molecule has 2 aliphatic rings. The number of nitrogens with one attached hydrogen (secondary N) is 1. The van der Waals surface area contributed by atoms with E-state index >= 15 is 0 Å². The van der Waals surface area contributed by atoms with Gasteiger partial charge in [0.05, 0.1) is 12.3 Å². The van der Waals surface area contributed by atoms with Crippen LogP contribution < -0.4 is 9.62 Å². The lowest BCUT2D eigenvalue weighted by Crippen LogP contribution is -2.64. The van der Waals surface area contributed by atoms with Crippen LogP contribution in [0.15, 0.2) is 24.3 Å². The van der Waals surface area contributed by atoms with Crippen LogP contribution in [-0.2, 0) is 19.6 Å². The first-order chi connectivity index (χ1) is 10.9. The first-order valence-electron chi connectivity index (χ1n) is 7.59. The third-order valence-electron chi connectivity index (χ3n) is 4.19. The van der Waals surface area contributed by atoms with Crippen molar-refractivity contribution in [2.75, 3.05) is 30.4 Å². The van der Waals surface area contributed by atoms with Crippen molar-refractivity contribution < 1.29 is 22.3 Å². The summed E-state index contributed by atoms with van der Waals surface area (Å²) >= 11 is 0. The fourth-order valence-electron chi connectivity index (χ4n) is 2.86. The zero-order valence-corrected chi connectivity index (χ0v) is 13.4. The molecule has 1 aromatic carbocycles. The normalized spacial score (nSPS) is 22.9. The smallest absolute Gasteiger partial charge is 0.247 e. The van der Waals surface area contributed by atoms with E-state index in [1.165, 1.54) is 29.2 Å². The topological polar surface area (TPSA) is 75.7 Å². The average Bonchev–Trinajstić information content (AvgIpc) is 2.52. The Labute approximate surface area is 134 Å². The fraction of sp³-hybridized carbons (Fsp3) is 0.533. The predicted octanol–water partition coefficient (Wildman–Crippen LogP) is 0.887. The van der Waals surface area contributed by atoms with Crippen molar-refractivity contribution >= 4 is 21.6 Å². The van der Waals surface area contributed by atoms with Crippen LogP contribution in [0.5, 0.6) is 0 Å². The summed E-state index contributed by atoms with van der Waals surface area (Å²) in [4.78, 5) is 13.5. The highest BCUT2D eigenvalue weighted by Gasteiger charge is 2.40. The Morgan fingerprint density at radius 1 is 1.22 bits per heavy atom. The summed E-state index contributed by atoms with van der Waals surface area (Å²) in [5.41, 5.74) is 0.566. The van der Waals surface area contributed by atoms with Crippen LogP contribution >= 0.6 is 0 Å². The summed E-state index contributed by atoms with van der Waals surface area (Å²) in [6.07, 6.45) is 1.45. The molecule has 1 amide bonds. The molecular formula is C15H19FN2O4S. The maximum absolute atomic E-state index is 12.9. The molecule has 2 fully saturated rings. The monoisotopic (exact) mass is 342 g/mol. The number of anilines is 1. The molecule has 1 aromatic rings. The van der Waals surface area contributed by atoms with Gasteiger partial charge < -0.3 is 9.64 Å². The van der Waals surface area contributed by atoms with Crippen LogP contribution in [0.4, 0.5) is 10.1 Å². The predicted molar refractivity (Wildman–Crippen MR) is 83.0 cm³/mol. The van der Waals surface area contributed by atoms with E-state index < -0.39 is 16.1 Å². The van der Waals surface area contributed by atoms with Gasteiger partial charge in [0.1, 0.15) is 11.9 Å². The van der Waals surface area contributed by atoms with Crippen molar-refractivity contribution in [3.8, 4) is 0 Å². The van der Waals surface area contributed by atoms with Gasteiger partial charge in [-0.05, 0) is 43.0 Å². The van der Waals surface area contributed by atoms with Crippen molar-refractivity contribution in [3.63, 3.8) is 0 Å². The summed E-state index contributed by atoms with van der Waals surface area (Å²) in [5, 5.41) is 0. The minimum atomic E-state index is -3.50. The number of ether oxygens (including phenoxy) is 1. The van der Waals surface area contributed by atoms with Gasteiger partial charge in [0.2, 0.25) is 15.9 Å². The van der Waals surface area contributed by atoms with Gasteiger partial charge in [-0.3, -0.25) is 4.79 Å². The Morgan fingerprint density at radius 3 is 2.48 bits per heavy atom. The molecule has 0 saturated carbocycles. The molecular weight excluding hydrogens is 323 g/mol. The van der Waals surface area contributed by atoms with E-state index in [9.17, 15) is 17.6 Å². The second-order valence-corrected chi connectivity index (χ2v) is 7.73. The molecule has 0 unspecified atom stereocenters. The van der Waals surface area contributed by atoms with Gasteiger partial charge in [-0.2, -0.15) is 0 Å². The molecule has 2 heterocycles. The first-order valence-corrected chi connectivity index (χ1v) is 9.24. The largest absolute Gasteiger partial charge is 0.381 e. The molecule has 0 aromatic heterocycles. The molecule has 126 valence electrons. The number of hydrogen-bond acceptors (Lipinski definition) is 4. The summed E-state index contributed by atoms with van der Waals surface area (Å²) < 4.78 is 44.9. The highest BCUT2D eigenvalue weighted by molar-refractivity contribution is 7.89. The molecule has 0 aliphatic carbocycles. The van der Waals surface area contributed by atoms with E-state index in [1.807, 2.05) is 0 Å². The molecule has 1 atom stereocenters. The Balaban J connectivity index is 1.55.